The third kappa shape index (κ3) is 4.65. The van der Waals surface area contributed by atoms with Gasteiger partial charge in [0.05, 0.1) is 39.7 Å². The van der Waals surface area contributed by atoms with Gasteiger partial charge >= 0.3 is 5.97 Å². The summed E-state index contributed by atoms with van der Waals surface area (Å²) in [5.41, 5.74) is 3.90. The van der Waals surface area contributed by atoms with Gasteiger partial charge in [-0.2, -0.15) is 0 Å². The zero-order valence-electron chi connectivity index (χ0n) is 21.6. The number of carboxylic acids is 1. The lowest BCUT2D eigenvalue weighted by atomic mass is 10.1. The van der Waals surface area contributed by atoms with E-state index >= 15 is 0 Å². The van der Waals surface area contributed by atoms with Crippen molar-refractivity contribution in [2.45, 2.75) is 40.7 Å². The van der Waals surface area contributed by atoms with Gasteiger partial charge in [-0.15, -0.1) is 0 Å². The fraction of sp³-hybridized carbons (Fsp3) is 0.462. The first kappa shape index (κ1) is 25.6. The van der Waals surface area contributed by atoms with Crippen LogP contribution in [-0.2, 0) is 0 Å². The molecule has 0 saturated carbocycles. The molecule has 1 aromatic carbocycles. The van der Waals surface area contributed by atoms with Crippen molar-refractivity contribution < 1.29 is 19.0 Å². The molecule has 2 aliphatic rings. The second-order valence-corrected chi connectivity index (χ2v) is 9.53. The fourth-order valence-corrected chi connectivity index (χ4v) is 4.52. The minimum Gasteiger partial charge on any atom is -0.487 e. The maximum atomic E-state index is 15.0. The quantitative estimate of drug-likeness (QED) is 0.576. The van der Waals surface area contributed by atoms with Crippen LogP contribution >= 0.6 is 0 Å². The Hall–Kier alpha value is -3.53. The first-order chi connectivity index (χ1) is 17.0. The fourth-order valence-electron chi connectivity index (χ4n) is 4.52. The van der Waals surface area contributed by atoms with Crippen molar-refractivity contribution in [2.24, 2.45) is 0 Å². The Morgan fingerprint density at radius 1 is 1.06 bits per heavy atom. The Balaban J connectivity index is 0.000000256. The molecule has 2 aromatic heterocycles. The standard InChI is InChI=1S/C18H20FN3O4.C8H12N2/c1-10-9-26-17-14-11(16(23)12(18(24)25)8-22(10)14)7-13(19)15(17)21-5-3-20(2)4-6-21;1-5-6(2)10-8(4)7(3)9-5/h7-8,10H,3-6,9H2,1-2H3,(H,24,25);1-4H3/t10-;/m0./s1. The summed E-state index contributed by atoms with van der Waals surface area (Å²) in [6.07, 6.45) is 1.34. The van der Waals surface area contributed by atoms with Gasteiger partial charge in [-0.05, 0) is 47.7 Å². The van der Waals surface area contributed by atoms with Gasteiger partial charge in [0.2, 0.25) is 5.43 Å². The number of ether oxygens (including phenoxy) is 1. The third-order valence-electron chi connectivity index (χ3n) is 6.91. The molecule has 4 heterocycles. The number of anilines is 1. The molecule has 5 rings (SSSR count). The average molecular weight is 498 g/mol. The van der Waals surface area contributed by atoms with E-state index in [2.05, 4.69) is 14.9 Å². The lowest BCUT2D eigenvalue weighted by Gasteiger charge is -2.37. The van der Waals surface area contributed by atoms with Crippen LogP contribution in [0.15, 0.2) is 17.1 Å². The number of rotatable bonds is 2. The average Bonchev–Trinajstić information content (AvgIpc) is 2.82. The molecule has 2 aliphatic heterocycles. The predicted molar refractivity (Wildman–Crippen MR) is 136 cm³/mol. The first-order valence-electron chi connectivity index (χ1n) is 12.0. The molecule has 36 heavy (non-hydrogen) atoms. The number of aromatic nitrogens is 3. The number of carbonyl (C=O) groups is 1. The van der Waals surface area contributed by atoms with Crippen molar-refractivity contribution in [3.05, 3.63) is 56.6 Å². The lowest BCUT2D eigenvalue weighted by Crippen LogP contribution is -2.45. The summed E-state index contributed by atoms with van der Waals surface area (Å²) in [4.78, 5) is 36.7. The molecular formula is C26H32FN5O4. The van der Waals surface area contributed by atoms with Crippen LogP contribution in [0.5, 0.6) is 5.75 Å². The van der Waals surface area contributed by atoms with E-state index < -0.39 is 17.2 Å². The van der Waals surface area contributed by atoms with Crippen LogP contribution in [0.1, 0.15) is 46.1 Å². The molecule has 192 valence electrons. The third-order valence-corrected chi connectivity index (χ3v) is 6.91. The number of hydrogen-bond donors (Lipinski definition) is 1. The second-order valence-electron chi connectivity index (χ2n) is 9.53. The van der Waals surface area contributed by atoms with Gasteiger partial charge in [0.1, 0.15) is 17.9 Å². The van der Waals surface area contributed by atoms with E-state index in [1.807, 2.05) is 46.6 Å². The van der Waals surface area contributed by atoms with E-state index in [0.717, 1.165) is 41.9 Å². The van der Waals surface area contributed by atoms with Crippen molar-refractivity contribution in [2.75, 3.05) is 44.7 Å². The maximum Gasteiger partial charge on any atom is 0.341 e. The van der Waals surface area contributed by atoms with Crippen LogP contribution in [-0.4, -0.2) is 70.3 Å². The largest absolute Gasteiger partial charge is 0.487 e. The SMILES string of the molecule is C[C@H]1COc2c(N3CCN(C)CC3)c(F)cc3c(=O)c(C(=O)O)cn1c23.Cc1nc(C)c(C)nc1C. The van der Waals surface area contributed by atoms with Gasteiger partial charge in [-0.1, -0.05) is 0 Å². The molecule has 0 unspecified atom stereocenters. The van der Waals surface area contributed by atoms with Gasteiger partial charge in [0.15, 0.2) is 11.6 Å². The van der Waals surface area contributed by atoms with Crippen LogP contribution in [0.25, 0.3) is 10.9 Å². The van der Waals surface area contributed by atoms with Gasteiger partial charge in [-0.25, -0.2) is 9.18 Å². The Kier molecular flexibility index (Phi) is 6.99. The Bertz CT molecular complexity index is 1350. The Labute approximate surface area is 209 Å². The normalized spacial score (nSPS) is 17.4. The predicted octanol–water partition coefficient (Wildman–Crippen LogP) is 3.25. The Morgan fingerprint density at radius 2 is 1.61 bits per heavy atom. The zero-order chi connectivity index (χ0) is 26.3. The van der Waals surface area contributed by atoms with Gasteiger partial charge in [0.25, 0.3) is 0 Å². The molecule has 1 N–H and O–H groups in total. The number of likely N-dealkylation sites (N-methyl/N-ethyl adjacent to an activating group) is 1. The van der Waals surface area contributed by atoms with Gasteiger partial charge in [-0.3, -0.25) is 14.8 Å². The van der Waals surface area contributed by atoms with E-state index in [1.165, 1.54) is 6.20 Å². The minimum absolute atomic E-state index is 0.0434. The van der Waals surface area contributed by atoms with E-state index in [0.29, 0.717) is 30.0 Å². The number of pyridine rings is 1. The Morgan fingerprint density at radius 3 is 2.14 bits per heavy atom. The molecule has 9 nitrogen and oxygen atoms in total. The summed E-state index contributed by atoms with van der Waals surface area (Å²) in [6, 6.07) is 0.994. The highest BCUT2D eigenvalue weighted by molar-refractivity contribution is 5.97. The summed E-state index contributed by atoms with van der Waals surface area (Å²) in [5, 5.41) is 9.36. The minimum atomic E-state index is -1.32. The number of aryl methyl sites for hydroxylation is 4. The number of carboxylic acid groups (broad SMARTS) is 1. The van der Waals surface area contributed by atoms with E-state index in [4.69, 9.17) is 4.74 Å². The molecule has 10 heteroatoms. The van der Waals surface area contributed by atoms with E-state index in [9.17, 15) is 19.1 Å². The highest BCUT2D eigenvalue weighted by Crippen LogP contribution is 2.42. The van der Waals surface area contributed by atoms with Crippen LogP contribution in [0, 0.1) is 33.5 Å². The molecule has 0 spiro atoms. The summed E-state index contributed by atoms with van der Waals surface area (Å²) in [7, 11) is 2.02. The van der Waals surface area contributed by atoms with E-state index in [1.54, 1.807) is 4.57 Å². The molecule has 1 atom stereocenters. The number of aromatic carboxylic acids is 1. The molecule has 3 aromatic rings. The lowest BCUT2D eigenvalue weighted by molar-refractivity contribution is 0.0694. The molecule has 0 bridgehead atoms. The maximum absolute atomic E-state index is 15.0. The first-order valence-corrected chi connectivity index (χ1v) is 12.0. The van der Waals surface area contributed by atoms with Crippen molar-refractivity contribution in [1.82, 2.24) is 19.4 Å². The zero-order valence-corrected chi connectivity index (χ0v) is 21.6. The molecule has 0 radical (unpaired) electrons. The summed E-state index contributed by atoms with van der Waals surface area (Å²) in [5.74, 6) is -1.54. The summed E-state index contributed by atoms with van der Waals surface area (Å²) >= 11 is 0. The van der Waals surface area contributed by atoms with Crippen LogP contribution in [0.3, 0.4) is 0 Å². The molecular weight excluding hydrogens is 465 g/mol. The van der Waals surface area contributed by atoms with Crippen LogP contribution in [0.2, 0.25) is 0 Å². The highest BCUT2D eigenvalue weighted by Gasteiger charge is 2.30. The van der Waals surface area contributed by atoms with Crippen molar-refractivity contribution in [1.29, 1.82) is 0 Å². The monoisotopic (exact) mass is 497 g/mol. The number of hydrogen-bond acceptors (Lipinski definition) is 7. The van der Waals surface area contributed by atoms with Crippen molar-refractivity contribution in [3.8, 4) is 5.75 Å². The number of nitrogens with zero attached hydrogens (tertiary/aromatic N) is 5. The van der Waals surface area contributed by atoms with Crippen LogP contribution < -0.4 is 15.1 Å². The molecule has 1 saturated heterocycles. The van der Waals surface area contributed by atoms with Crippen molar-refractivity contribution in [3.63, 3.8) is 0 Å². The van der Waals surface area contributed by atoms with E-state index in [-0.39, 0.29) is 23.6 Å². The smallest absolute Gasteiger partial charge is 0.341 e. The second kappa shape index (κ2) is 9.85. The highest BCUT2D eigenvalue weighted by atomic mass is 19.1. The number of piperazine rings is 1. The summed E-state index contributed by atoms with van der Waals surface area (Å²) in [6.45, 7) is 13.0. The van der Waals surface area contributed by atoms with Crippen molar-refractivity contribution >= 4 is 22.6 Å². The molecule has 0 aliphatic carbocycles. The number of halogens is 1. The van der Waals surface area contributed by atoms with Gasteiger partial charge in [0, 0.05) is 32.4 Å². The van der Waals surface area contributed by atoms with Crippen LogP contribution in [0.4, 0.5) is 10.1 Å². The topological polar surface area (TPSA) is 101 Å². The number of benzene rings is 1. The summed E-state index contributed by atoms with van der Waals surface area (Å²) < 4.78 is 22.6. The molecule has 0 amide bonds. The molecule has 1 fully saturated rings. The van der Waals surface area contributed by atoms with Gasteiger partial charge < -0.3 is 24.2 Å².